The third-order valence-electron chi connectivity index (χ3n) is 3.41. The molecule has 0 fully saturated rings. The highest BCUT2D eigenvalue weighted by Gasteiger charge is 2.22. The molecule has 0 saturated heterocycles. The summed E-state index contributed by atoms with van der Waals surface area (Å²) in [5.41, 5.74) is 2.85. The molecule has 0 bridgehead atoms. The Morgan fingerprint density at radius 1 is 1.09 bits per heavy atom. The normalized spacial score (nSPS) is 10.6. The summed E-state index contributed by atoms with van der Waals surface area (Å²) in [6.45, 7) is 4.17. The minimum Gasteiger partial charge on any atom is -0.496 e. The SMILES string of the molecule is COC(=O)c1nscc1-c1cc(C(C)C)c(OC)cc1OC. The van der Waals surface area contributed by atoms with Crippen LogP contribution in [-0.4, -0.2) is 31.7 Å². The molecule has 1 aromatic carbocycles. The van der Waals surface area contributed by atoms with Crippen molar-refractivity contribution in [2.75, 3.05) is 21.3 Å². The summed E-state index contributed by atoms with van der Waals surface area (Å²) in [5, 5.41) is 1.82. The zero-order valence-electron chi connectivity index (χ0n) is 13.3. The second-order valence-corrected chi connectivity index (χ2v) is 5.65. The van der Waals surface area contributed by atoms with Crippen molar-refractivity contribution in [1.29, 1.82) is 0 Å². The molecule has 118 valence electrons. The fourth-order valence-corrected chi connectivity index (χ4v) is 2.93. The molecule has 2 aromatic rings. The van der Waals surface area contributed by atoms with Crippen LogP contribution in [0.1, 0.15) is 35.8 Å². The Balaban J connectivity index is 2.67. The number of carbonyl (C=O) groups is 1. The molecular weight excluding hydrogens is 302 g/mol. The number of hydrogen-bond acceptors (Lipinski definition) is 6. The van der Waals surface area contributed by atoms with E-state index >= 15 is 0 Å². The number of hydrogen-bond donors (Lipinski definition) is 0. The van der Waals surface area contributed by atoms with Crippen molar-refractivity contribution in [2.45, 2.75) is 19.8 Å². The van der Waals surface area contributed by atoms with Crippen molar-refractivity contribution in [3.05, 3.63) is 28.8 Å². The molecule has 2 rings (SSSR count). The molecule has 0 radical (unpaired) electrons. The first-order chi connectivity index (χ1) is 10.5. The summed E-state index contributed by atoms with van der Waals surface area (Å²) in [6.07, 6.45) is 0. The van der Waals surface area contributed by atoms with Crippen LogP contribution in [0, 0.1) is 0 Å². The first-order valence-corrected chi connectivity index (χ1v) is 7.66. The first-order valence-electron chi connectivity index (χ1n) is 6.82. The maximum atomic E-state index is 11.9. The Morgan fingerprint density at radius 3 is 2.32 bits per heavy atom. The highest BCUT2D eigenvalue weighted by molar-refractivity contribution is 7.04. The molecule has 0 N–H and O–H groups in total. The Bertz CT molecular complexity index is 679. The second-order valence-electron chi connectivity index (χ2n) is 5.02. The van der Waals surface area contributed by atoms with Gasteiger partial charge < -0.3 is 14.2 Å². The van der Waals surface area contributed by atoms with Gasteiger partial charge in [0.15, 0.2) is 5.69 Å². The van der Waals surface area contributed by atoms with Gasteiger partial charge in [0.05, 0.1) is 21.3 Å². The molecule has 0 aliphatic heterocycles. The smallest absolute Gasteiger partial charge is 0.358 e. The maximum Gasteiger partial charge on any atom is 0.358 e. The minimum absolute atomic E-state index is 0.271. The van der Waals surface area contributed by atoms with E-state index in [1.165, 1.54) is 18.6 Å². The number of benzene rings is 1. The van der Waals surface area contributed by atoms with Crippen molar-refractivity contribution >= 4 is 17.5 Å². The van der Waals surface area contributed by atoms with Crippen LogP contribution in [0.4, 0.5) is 0 Å². The quantitative estimate of drug-likeness (QED) is 0.785. The predicted molar refractivity (Wildman–Crippen MR) is 86.1 cm³/mol. The lowest BCUT2D eigenvalue weighted by atomic mass is 9.95. The summed E-state index contributed by atoms with van der Waals surface area (Å²) in [4.78, 5) is 11.9. The molecule has 0 aliphatic rings. The molecule has 0 unspecified atom stereocenters. The lowest BCUT2D eigenvalue weighted by Gasteiger charge is -2.17. The van der Waals surface area contributed by atoms with Crippen LogP contribution >= 0.6 is 11.5 Å². The van der Waals surface area contributed by atoms with Crippen LogP contribution in [-0.2, 0) is 4.74 Å². The number of carbonyl (C=O) groups excluding carboxylic acids is 1. The molecule has 5 nitrogen and oxygen atoms in total. The van der Waals surface area contributed by atoms with E-state index in [0.717, 1.165) is 16.9 Å². The van der Waals surface area contributed by atoms with Crippen LogP contribution in [0.2, 0.25) is 0 Å². The van der Waals surface area contributed by atoms with Crippen molar-refractivity contribution in [3.8, 4) is 22.6 Å². The lowest BCUT2D eigenvalue weighted by molar-refractivity contribution is 0.0596. The Labute approximate surface area is 134 Å². The summed E-state index contributed by atoms with van der Waals surface area (Å²) in [5.74, 6) is 1.21. The average molecular weight is 321 g/mol. The molecule has 0 aliphatic carbocycles. The van der Waals surface area contributed by atoms with Gasteiger partial charge in [-0.15, -0.1) is 0 Å². The van der Waals surface area contributed by atoms with Gasteiger partial charge in [-0.2, -0.15) is 4.37 Å². The fraction of sp³-hybridized carbons (Fsp3) is 0.375. The van der Waals surface area contributed by atoms with Crippen LogP contribution in [0.3, 0.4) is 0 Å². The first kappa shape index (κ1) is 16.3. The third kappa shape index (κ3) is 2.92. The zero-order chi connectivity index (χ0) is 16.3. The van der Waals surface area contributed by atoms with E-state index in [4.69, 9.17) is 14.2 Å². The molecule has 6 heteroatoms. The number of nitrogens with zero attached hydrogens (tertiary/aromatic N) is 1. The number of rotatable bonds is 5. The third-order valence-corrected chi connectivity index (χ3v) is 4.04. The number of methoxy groups -OCH3 is 3. The van der Waals surface area contributed by atoms with Crippen molar-refractivity contribution in [3.63, 3.8) is 0 Å². The predicted octanol–water partition coefficient (Wildman–Crippen LogP) is 3.74. The Hall–Kier alpha value is -2.08. The van der Waals surface area contributed by atoms with Gasteiger partial charge in [-0.25, -0.2) is 4.79 Å². The van der Waals surface area contributed by atoms with Gasteiger partial charge in [0.2, 0.25) is 0 Å². The van der Waals surface area contributed by atoms with Gasteiger partial charge in [-0.05, 0) is 29.1 Å². The van der Waals surface area contributed by atoms with Crippen molar-refractivity contribution in [2.24, 2.45) is 0 Å². The molecule has 1 aromatic heterocycles. The summed E-state index contributed by atoms with van der Waals surface area (Å²) >= 11 is 1.21. The number of esters is 1. The van der Waals surface area contributed by atoms with E-state index in [0.29, 0.717) is 17.0 Å². The molecule has 0 amide bonds. The molecular formula is C16H19NO4S. The van der Waals surface area contributed by atoms with Gasteiger partial charge in [-0.3, -0.25) is 0 Å². The van der Waals surface area contributed by atoms with Gasteiger partial charge in [0.25, 0.3) is 0 Å². The number of ether oxygens (including phenoxy) is 3. The van der Waals surface area contributed by atoms with E-state index in [1.54, 1.807) is 14.2 Å². The summed E-state index contributed by atoms with van der Waals surface area (Å²) in [7, 11) is 4.56. The van der Waals surface area contributed by atoms with Crippen LogP contribution in [0.25, 0.3) is 11.1 Å². The van der Waals surface area contributed by atoms with Gasteiger partial charge in [-0.1, -0.05) is 13.8 Å². The van der Waals surface area contributed by atoms with E-state index in [1.807, 2.05) is 17.5 Å². The van der Waals surface area contributed by atoms with Crippen molar-refractivity contribution < 1.29 is 19.0 Å². The van der Waals surface area contributed by atoms with E-state index in [-0.39, 0.29) is 5.92 Å². The number of aromatic nitrogens is 1. The standard InChI is InChI=1S/C16H19NO4S/c1-9(2)10-6-11(14(20-4)7-13(10)19-3)12-8-22-17-15(12)16(18)21-5/h6-9H,1-5H3. The van der Waals surface area contributed by atoms with Crippen LogP contribution in [0.5, 0.6) is 11.5 Å². The highest BCUT2D eigenvalue weighted by Crippen LogP contribution is 2.40. The van der Waals surface area contributed by atoms with Gasteiger partial charge >= 0.3 is 5.97 Å². The molecule has 0 saturated carbocycles. The second kappa shape index (κ2) is 6.79. The van der Waals surface area contributed by atoms with E-state index < -0.39 is 5.97 Å². The lowest BCUT2D eigenvalue weighted by Crippen LogP contribution is -2.04. The van der Waals surface area contributed by atoms with Crippen LogP contribution in [0.15, 0.2) is 17.5 Å². The van der Waals surface area contributed by atoms with Gasteiger partial charge in [0, 0.05) is 22.6 Å². The van der Waals surface area contributed by atoms with Gasteiger partial charge in [0.1, 0.15) is 11.5 Å². The minimum atomic E-state index is -0.458. The zero-order valence-corrected chi connectivity index (χ0v) is 14.1. The van der Waals surface area contributed by atoms with E-state index in [2.05, 4.69) is 18.2 Å². The average Bonchev–Trinajstić information content (AvgIpc) is 3.01. The van der Waals surface area contributed by atoms with Crippen LogP contribution < -0.4 is 9.47 Å². The Kier molecular flexibility index (Phi) is 5.03. The fourth-order valence-electron chi connectivity index (χ4n) is 2.26. The largest absolute Gasteiger partial charge is 0.496 e. The van der Waals surface area contributed by atoms with Crippen molar-refractivity contribution in [1.82, 2.24) is 4.37 Å². The maximum absolute atomic E-state index is 11.9. The Morgan fingerprint density at radius 2 is 1.77 bits per heavy atom. The molecule has 1 heterocycles. The highest BCUT2D eigenvalue weighted by atomic mass is 32.1. The molecule has 0 spiro atoms. The summed E-state index contributed by atoms with van der Waals surface area (Å²) in [6, 6.07) is 3.82. The monoisotopic (exact) mass is 321 g/mol. The topological polar surface area (TPSA) is 57.7 Å². The molecule has 22 heavy (non-hydrogen) atoms. The van der Waals surface area contributed by atoms with E-state index in [9.17, 15) is 4.79 Å². The molecule has 0 atom stereocenters. The summed E-state index contributed by atoms with van der Waals surface area (Å²) < 4.78 is 19.8.